The molecule has 2 rings (SSSR count). The van der Waals surface area contributed by atoms with Gasteiger partial charge in [0.15, 0.2) is 0 Å². The number of nitrogens with zero attached hydrogens (tertiary/aromatic N) is 2. The third-order valence-electron chi connectivity index (χ3n) is 3.21. The van der Waals surface area contributed by atoms with E-state index < -0.39 is 0 Å². The largest absolute Gasteiger partial charge is 0.304 e. The van der Waals surface area contributed by atoms with Crippen LogP contribution in [0.3, 0.4) is 0 Å². The highest BCUT2D eigenvalue weighted by molar-refractivity contribution is 4.88. The lowest BCUT2D eigenvalue weighted by Crippen LogP contribution is -2.25. The first kappa shape index (κ1) is 14.2. The fourth-order valence-electron chi connectivity index (χ4n) is 2.12. The van der Waals surface area contributed by atoms with E-state index in [1.807, 2.05) is 18.2 Å². The third kappa shape index (κ3) is 7.92. The first-order valence-corrected chi connectivity index (χ1v) is 7.01. The second-order valence-electron chi connectivity index (χ2n) is 4.58. The molecule has 96 valence electrons. The number of rotatable bonds is 1. The smallest absolute Gasteiger partial charge is 0.0267 e. The van der Waals surface area contributed by atoms with E-state index in [4.69, 9.17) is 0 Å². The van der Waals surface area contributed by atoms with Crippen LogP contribution in [-0.4, -0.2) is 29.5 Å². The maximum Gasteiger partial charge on any atom is 0.0267 e. The molecule has 2 heteroatoms. The van der Waals surface area contributed by atoms with Crippen LogP contribution in [0.1, 0.15) is 45.4 Å². The van der Waals surface area contributed by atoms with E-state index >= 15 is 0 Å². The number of pyridine rings is 1. The third-order valence-corrected chi connectivity index (χ3v) is 3.21. The van der Waals surface area contributed by atoms with Gasteiger partial charge in [-0.15, -0.1) is 0 Å². The van der Waals surface area contributed by atoms with Crippen LogP contribution < -0.4 is 0 Å². The molecule has 0 amide bonds. The zero-order valence-corrected chi connectivity index (χ0v) is 11.1. The summed E-state index contributed by atoms with van der Waals surface area (Å²) in [6.45, 7) is 6.21. The number of hydrogen-bond donors (Lipinski definition) is 0. The Bertz CT molecular complexity index is 212. The molecule has 0 N–H and O–H groups in total. The first-order valence-electron chi connectivity index (χ1n) is 7.01. The van der Waals surface area contributed by atoms with Crippen molar-refractivity contribution in [3.63, 3.8) is 0 Å². The molecule has 1 aliphatic heterocycles. The highest BCUT2D eigenvalue weighted by Crippen LogP contribution is 2.10. The van der Waals surface area contributed by atoms with E-state index in [9.17, 15) is 0 Å². The summed E-state index contributed by atoms with van der Waals surface area (Å²) < 4.78 is 0. The van der Waals surface area contributed by atoms with Gasteiger partial charge in [0.25, 0.3) is 0 Å². The standard InChI is InChI=1S/C10H21N.C5H5N/c1-2-11-9-7-5-3-4-6-8-10-11;1-2-4-6-5-3-1/h2-10H2,1H3;1-5H. The molecule has 2 heterocycles. The lowest BCUT2D eigenvalue weighted by atomic mass is 10.1. The van der Waals surface area contributed by atoms with E-state index in [1.165, 1.54) is 58.2 Å². The van der Waals surface area contributed by atoms with Crippen LogP contribution >= 0.6 is 0 Å². The zero-order chi connectivity index (χ0) is 12.2. The van der Waals surface area contributed by atoms with Crippen LogP contribution in [0.25, 0.3) is 0 Å². The Morgan fingerprint density at radius 3 is 1.71 bits per heavy atom. The van der Waals surface area contributed by atoms with Crippen LogP contribution in [0, 0.1) is 0 Å². The van der Waals surface area contributed by atoms with Crippen molar-refractivity contribution >= 4 is 0 Å². The van der Waals surface area contributed by atoms with Crippen LogP contribution in [-0.2, 0) is 0 Å². The summed E-state index contributed by atoms with van der Waals surface area (Å²) in [6.07, 6.45) is 12.2. The molecule has 0 bridgehead atoms. The zero-order valence-electron chi connectivity index (χ0n) is 11.1. The Morgan fingerprint density at radius 2 is 1.35 bits per heavy atom. The second kappa shape index (κ2) is 10.3. The minimum absolute atomic E-state index is 1.25. The summed E-state index contributed by atoms with van der Waals surface area (Å²) >= 11 is 0. The minimum atomic E-state index is 1.25. The maximum atomic E-state index is 3.78. The van der Waals surface area contributed by atoms with Crippen molar-refractivity contribution in [1.82, 2.24) is 9.88 Å². The Labute approximate surface area is 106 Å². The van der Waals surface area contributed by atoms with Gasteiger partial charge in [0.1, 0.15) is 0 Å². The average Bonchev–Trinajstić information content (AvgIpc) is 2.54. The molecule has 0 radical (unpaired) electrons. The fourth-order valence-corrected chi connectivity index (χ4v) is 2.12. The van der Waals surface area contributed by atoms with Crippen molar-refractivity contribution < 1.29 is 0 Å². The van der Waals surface area contributed by atoms with E-state index in [2.05, 4.69) is 16.8 Å². The summed E-state index contributed by atoms with van der Waals surface area (Å²) in [7, 11) is 0. The van der Waals surface area contributed by atoms with Gasteiger partial charge in [-0.2, -0.15) is 0 Å². The normalized spacial score (nSPS) is 18.2. The van der Waals surface area contributed by atoms with Crippen molar-refractivity contribution in [1.29, 1.82) is 0 Å². The molecule has 17 heavy (non-hydrogen) atoms. The molecule has 0 spiro atoms. The quantitative estimate of drug-likeness (QED) is 0.736. The molecule has 0 unspecified atom stereocenters. The predicted molar refractivity (Wildman–Crippen MR) is 74.1 cm³/mol. The summed E-state index contributed by atoms with van der Waals surface area (Å²) in [6, 6.07) is 5.72. The van der Waals surface area contributed by atoms with Gasteiger partial charge in [-0.05, 0) is 44.6 Å². The van der Waals surface area contributed by atoms with E-state index in [1.54, 1.807) is 12.4 Å². The highest BCUT2D eigenvalue weighted by atomic mass is 15.1. The number of aromatic nitrogens is 1. The van der Waals surface area contributed by atoms with Crippen molar-refractivity contribution in [2.45, 2.75) is 45.4 Å². The first-order chi connectivity index (χ1) is 8.43. The predicted octanol–water partition coefficient (Wildman–Crippen LogP) is 3.74. The molecule has 0 aliphatic carbocycles. The minimum Gasteiger partial charge on any atom is -0.304 e. The van der Waals surface area contributed by atoms with Gasteiger partial charge >= 0.3 is 0 Å². The molecule has 2 nitrogen and oxygen atoms in total. The van der Waals surface area contributed by atoms with Crippen molar-refractivity contribution in [2.24, 2.45) is 0 Å². The van der Waals surface area contributed by atoms with Crippen LogP contribution in [0.4, 0.5) is 0 Å². The second-order valence-corrected chi connectivity index (χ2v) is 4.58. The van der Waals surface area contributed by atoms with Crippen LogP contribution in [0.15, 0.2) is 30.6 Å². The summed E-state index contributed by atoms with van der Waals surface area (Å²) in [5.74, 6) is 0. The average molecular weight is 234 g/mol. The molecule has 1 aromatic heterocycles. The lowest BCUT2D eigenvalue weighted by Gasteiger charge is -2.18. The highest BCUT2D eigenvalue weighted by Gasteiger charge is 2.03. The molecule has 0 aromatic carbocycles. The van der Waals surface area contributed by atoms with Crippen LogP contribution in [0.5, 0.6) is 0 Å². The Kier molecular flexibility index (Phi) is 8.57. The van der Waals surface area contributed by atoms with Gasteiger partial charge in [-0.25, -0.2) is 0 Å². The van der Waals surface area contributed by atoms with Gasteiger partial charge in [0.05, 0.1) is 0 Å². The summed E-state index contributed by atoms with van der Waals surface area (Å²) in [4.78, 5) is 6.37. The Hall–Kier alpha value is -0.890. The summed E-state index contributed by atoms with van der Waals surface area (Å²) in [5.41, 5.74) is 0. The Morgan fingerprint density at radius 1 is 0.824 bits per heavy atom. The van der Waals surface area contributed by atoms with Crippen molar-refractivity contribution in [2.75, 3.05) is 19.6 Å². The Balaban J connectivity index is 0.000000202. The molecule has 1 fully saturated rings. The van der Waals surface area contributed by atoms with Gasteiger partial charge in [-0.1, -0.05) is 38.7 Å². The molecule has 1 saturated heterocycles. The van der Waals surface area contributed by atoms with E-state index in [0.717, 1.165) is 0 Å². The molecule has 0 atom stereocenters. The van der Waals surface area contributed by atoms with Gasteiger partial charge < -0.3 is 4.90 Å². The fraction of sp³-hybridized carbons (Fsp3) is 0.667. The monoisotopic (exact) mass is 234 g/mol. The van der Waals surface area contributed by atoms with Crippen molar-refractivity contribution in [3.8, 4) is 0 Å². The molecular formula is C15H26N2. The topological polar surface area (TPSA) is 16.1 Å². The lowest BCUT2D eigenvalue weighted by molar-refractivity contribution is 0.283. The molecule has 1 aliphatic rings. The molecular weight excluding hydrogens is 208 g/mol. The van der Waals surface area contributed by atoms with Crippen LogP contribution in [0.2, 0.25) is 0 Å². The molecule has 0 saturated carbocycles. The van der Waals surface area contributed by atoms with Gasteiger partial charge in [0, 0.05) is 12.4 Å². The molecule has 1 aromatic rings. The SMILES string of the molecule is CCN1CCCCCCCC1.c1ccncc1. The maximum absolute atomic E-state index is 3.78. The van der Waals surface area contributed by atoms with E-state index in [-0.39, 0.29) is 0 Å². The van der Waals surface area contributed by atoms with Gasteiger partial charge in [0.2, 0.25) is 0 Å². The van der Waals surface area contributed by atoms with E-state index in [0.29, 0.717) is 0 Å². The van der Waals surface area contributed by atoms with Gasteiger partial charge in [-0.3, -0.25) is 4.98 Å². The summed E-state index contributed by atoms with van der Waals surface area (Å²) in [5, 5.41) is 0. The van der Waals surface area contributed by atoms with Crippen molar-refractivity contribution in [3.05, 3.63) is 30.6 Å². The number of hydrogen-bond acceptors (Lipinski definition) is 2.